The first-order valence-electron chi connectivity index (χ1n) is 5.53. The molecular formula is C11H18ClN3. The number of aromatic nitrogens is 2. The fraction of sp³-hybridized carbons (Fsp3) is 0.636. The lowest BCUT2D eigenvalue weighted by Crippen LogP contribution is -2.04. The zero-order chi connectivity index (χ0) is 11.1. The standard InChI is InChI=1S/C11H18ClN3/c1-3-5-6-7-9-8-10(12)15-11(14-9)13-4-2/h8H,3-7H2,1-2H3,(H,13,14,15). The summed E-state index contributed by atoms with van der Waals surface area (Å²) in [5, 5.41) is 3.59. The Labute approximate surface area is 96.3 Å². The van der Waals surface area contributed by atoms with Crippen LogP contribution in [0.25, 0.3) is 0 Å². The second-order valence-corrected chi connectivity index (χ2v) is 3.88. The highest BCUT2D eigenvalue weighted by Crippen LogP contribution is 2.12. The quantitative estimate of drug-likeness (QED) is 0.599. The van der Waals surface area contributed by atoms with E-state index in [9.17, 15) is 0 Å². The third kappa shape index (κ3) is 4.47. The van der Waals surface area contributed by atoms with Crippen molar-refractivity contribution in [3.05, 3.63) is 16.9 Å². The lowest BCUT2D eigenvalue weighted by molar-refractivity contribution is 0.706. The Morgan fingerprint density at radius 1 is 1.27 bits per heavy atom. The number of rotatable bonds is 6. The molecule has 0 saturated carbocycles. The molecular weight excluding hydrogens is 210 g/mol. The maximum absolute atomic E-state index is 5.91. The molecule has 4 heteroatoms. The molecule has 0 aliphatic carbocycles. The van der Waals surface area contributed by atoms with Crippen molar-refractivity contribution in [1.29, 1.82) is 0 Å². The normalized spacial score (nSPS) is 10.3. The Morgan fingerprint density at radius 2 is 2.07 bits per heavy atom. The Bertz CT molecular complexity index is 302. The van der Waals surface area contributed by atoms with E-state index in [1.807, 2.05) is 13.0 Å². The van der Waals surface area contributed by atoms with E-state index < -0.39 is 0 Å². The van der Waals surface area contributed by atoms with Gasteiger partial charge in [-0.15, -0.1) is 0 Å². The van der Waals surface area contributed by atoms with Crippen LogP contribution in [-0.4, -0.2) is 16.5 Å². The summed E-state index contributed by atoms with van der Waals surface area (Å²) < 4.78 is 0. The van der Waals surface area contributed by atoms with Crippen LogP contribution in [0.5, 0.6) is 0 Å². The monoisotopic (exact) mass is 227 g/mol. The molecule has 84 valence electrons. The Kier molecular flexibility index (Phi) is 5.40. The van der Waals surface area contributed by atoms with Gasteiger partial charge in [0.05, 0.1) is 0 Å². The SMILES string of the molecule is CCCCCc1cc(Cl)nc(NCC)n1. The number of aryl methyl sites for hydroxylation is 1. The molecule has 3 nitrogen and oxygen atoms in total. The summed E-state index contributed by atoms with van der Waals surface area (Å²) in [4.78, 5) is 8.48. The van der Waals surface area contributed by atoms with Crippen molar-refractivity contribution in [2.24, 2.45) is 0 Å². The van der Waals surface area contributed by atoms with E-state index in [0.29, 0.717) is 11.1 Å². The van der Waals surface area contributed by atoms with Crippen molar-refractivity contribution in [2.75, 3.05) is 11.9 Å². The number of nitrogens with zero attached hydrogens (tertiary/aromatic N) is 2. The summed E-state index contributed by atoms with van der Waals surface area (Å²) in [5.74, 6) is 0.636. The molecule has 1 aromatic heterocycles. The van der Waals surface area contributed by atoms with Gasteiger partial charge in [-0.3, -0.25) is 0 Å². The van der Waals surface area contributed by atoms with Gasteiger partial charge in [-0.2, -0.15) is 0 Å². The van der Waals surface area contributed by atoms with Gasteiger partial charge < -0.3 is 5.32 Å². The van der Waals surface area contributed by atoms with Crippen LogP contribution in [0.15, 0.2) is 6.07 Å². The molecule has 15 heavy (non-hydrogen) atoms. The number of nitrogens with one attached hydrogen (secondary N) is 1. The average molecular weight is 228 g/mol. The van der Waals surface area contributed by atoms with Crippen LogP contribution in [0.2, 0.25) is 5.15 Å². The molecule has 0 radical (unpaired) electrons. The summed E-state index contributed by atoms with van der Waals surface area (Å²) in [6.45, 7) is 5.02. The molecule has 0 spiro atoms. The minimum atomic E-state index is 0.521. The summed E-state index contributed by atoms with van der Waals surface area (Å²) in [6, 6.07) is 1.85. The van der Waals surface area contributed by atoms with E-state index in [2.05, 4.69) is 22.2 Å². The van der Waals surface area contributed by atoms with Crippen LogP contribution >= 0.6 is 11.6 Å². The first kappa shape index (κ1) is 12.2. The highest BCUT2D eigenvalue weighted by molar-refractivity contribution is 6.29. The van der Waals surface area contributed by atoms with Crippen molar-refractivity contribution in [3.63, 3.8) is 0 Å². The van der Waals surface area contributed by atoms with Gasteiger partial charge >= 0.3 is 0 Å². The van der Waals surface area contributed by atoms with Crippen molar-refractivity contribution < 1.29 is 0 Å². The molecule has 0 atom stereocenters. The number of hydrogen-bond donors (Lipinski definition) is 1. The number of halogens is 1. The second kappa shape index (κ2) is 6.62. The molecule has 0 fully saturated rings. The lowest BCUT2D eigenvalue weighted by Gasteiger charge is -2.05. The summed E-state index contributed by atoms with van der Waals surface area (Å²) in [6.07, 6.45) is 4.60. The Morgan fingerprint density at radius 3 is 2.73 bits per heavy atom. The number of anilines is 1. The molecule has 1 rings (SSSR count). The second-order valence-electron chi connectivity index (χ2n) is 3.49. The predicted octanol–water partition coefficient (Wildman–Crippen LogP) is 3.29. The van der Waals surface area contributed by atoms with Crippen molar-refractivity contribution in [1.82, 2.24) is 9.97 Å². The van der Waals surface area contributed by atoms with Crippen LogP contribution in [0.3, 0.4) is 0 Å². The van der Waals surface area contributed by atoms with Crippen LogP contribution in [0.4, 0.5) is 5.95 Å². The van der Waals surface area contributed by atoms with Gasteiger partial charge in [0.1, 0.15) is 5.15 Å². The minimum absolute atomic E-state index is 0.521. The van der Waals surface area contributed by atoms with Gasteiger partial charge in [0, 0.05) is 12.2 Å². The predicted molar refractivity (Wildman–Crippen MR) is 64.4 cm³/mol. The third-order valence-corrected chi connectivity index (χ3v) is 2.31. The van der Waals surface area contributed by atoms with E-state index in [1.165, 1.54) is 12.8 Å². The van der Waals surface area contributed by atoms with Gasteiger partial charge in [-0.1, -0.05) is 31.4 Å². The van der Waals surface area contributed by atoms with Crippen LogP contribution < -0.4 is 5.32 Å². The average Bonchev–Trinajstić information content (AvgIpc) is 2.18. The van der Waals surface area contributed by atoms with E-state index in [4.69, 9.17) is 11.6 Å². The molecule has 0 unspecified atom stereocenters. The van der Waals surface area contributed by atoms with E-state index in [1.54, 1.807) is 0 Å². The molecule has 1 heterocycles. The van der Waals surface area contributed by atoms with Crippen molar-refractivity contribution >= 4 is 17.5 Å². The van der Waals surface area contributed by atoms with Crippen LogP contribution in [0.1, 0.15) is 38.8 Å². The molecule has 0 aromatic carbocycles. The Hall–Kier alpha value is -0.830. The lowest BCUT2D eigenvalue weighted by atomic mass is 10.1. The van der Waals surface area contributed by atoms with E-state index in [-0.39, 0.29) is 0 Å². The molecule has 0 amide bonds. The van der Waals surface area contributed by atoms with Crippen molar-refractivity contribution in [3.8, 4) is 0 Å². The zero-order valence-electron chi connectivity index (χ0n) is 9.39. The molecule has 0 saturated heterocycles. The summed E-state index contributed by atoms with van der Waals surface area (Å²) in [7, 11) is 0. The van der Waals surface area contributed by atoms with Gasteiger partial charge in [0.25, 0.3) is 0 Å². The van der Waals surface area contributed by atoms with Crippen LogP contribution in [-0.2, 0) is 6.42 Å². The summed E-state index contributed by atoms with van der Waals surface area (Å²) >= 11 is 5.91. The number of hydrogen-bond acceptors (Lipinski definition) is 3. The minimum Gasteiger partial charge on any atom is -0.354 e. The highest BCUT2D eigenvalue weighted by atomic mass is 35.5. The van der Waals surface area contributed by atoms with Gasteiger partial charge in [-0.25, -0.2) is 9.97 Å². The maximum Gasteiger partial charge on any atom is 0.224 e. The fourth-order valence-corrected chi connectivity index (χ4v) is 1.59. The van der Waals surface area contributed by atoms with E-state index >= 15 is 0 Å². The smallest absolute Gasteiger partial charge is 0.224 e. The molecule has 0 bridgehead atoms. The van der Waals surface area contributed by atoms with Gasteiger partial charge in [-0.05, 0) is 25.8 Å². The third-order valence-electron chi connectivity index (χ3n) is 2.12. The maximum atomic E-state index is 5.91. The molecule has 1 N–H and O–H groups in total. The van der Waals surface area contributed by atoms with Crippen LogP contribution in [0, 0.1) is 0 Å². The number of unbranched alkanes of at least 4 members (excludes halogenated alkanes) is 2. The Balaban J connectivity index is 2.62. The van der Waals surface area contributed by atoms with Gasteiger partial charge in [0.15, 0.2) is 0 Å². The largest absolute Gasteiger partial charge is 0.354 e. The topological polar surface area (TPSA) is 37.8 Å². The molecule has 1 aromatic rings. The highest BCUT2D eigenvalue weighted by Gasteiger charge is 2.02. The van der Waals surface area contributed by atoms with E-state index in [0.717, 1.165) is 25.1 Å². The molecule has 0 aliphatic rings. The first-order chi connectivity index (χ1) is 7.26. The van der Waals surface area contributed by atoms with Crippen molar-refractivity contribution in [2.45, 2.75) is 39.5 Å². The first-order valence-corrected chi connectivity index (χ1v) is 5.91. The molecule has 0 aliphatic heterocycles. The van der Waals surface area contributed by atoms with Gasteiger partial charge in [0.2, 0.25) is 5.95 Å². The summed E-state index contributed by atoms with van der Waals surface area (Å²) in [5.41, 5.74) is 1.03. The zero-order valence-corrected chi connectivity index (χ0v) is 10.1. The fourth-order valence-electron chi connectivity index (χ4n) is 1.39.